The predicted molar refractivity (Wildman–Crippen MR) is 262 cm³/mol. The van der Waals surface area contributed by atoms with Gasteiger partial charge in [-0.2, -0.15) is 29.9 Å². The number of pyridine rings is 2. The van der Waals surface area contributed by atoms with E-state index in [1.54, 1.807) is 19.0 Å². The van der Waals surface area contributed by atoms with Gasteiger partial charge in [0.1, 0.15) is 5.82 Å². The number of nitrogens with zero attached hydrogens (tertiary/aromatic N) is 12. The zero-order valence-electron chi connectivity index (χ0n) is 40.9. The number of hydrogen-bond donors (Lipinski definition) is 3. The van der Waals surface area contributed by atoms with E-state index in [1.165, 1.54) is 50.5 Å². The number of rotatable bonds is 14. The van der Waals surface area contributed by atoms with Gasteiger partial charge in [0.05, 0.1) is 56.1 Å². The van der Waals surface area contributed by atoms with Crippen LogP contribution < -0.4 is 31.6 Å². The van der Waals surface area contributed by atoms with Crippen LogP contribution >= 0.6 is 11.6 Å². The SMILES string of the molecule is CN(C)C=Nc1cc(C(F)F)c(B2OC(C)(C)C(C)(C)O2)cn1.C[C@@H]1COCCN1c1nc(Cl)nc(NCC2CC2)n1.C[C@@H]1COCCN1c1nc(NCC2CC2)nc(-c2cnc(N)cc2C(F)F)n1. The predicted octanol–water partition coefficient (Wildman–Crippen LogP) is 6.61. The molecule has 9 rings (SSSR count). The quantitative estimate of drug-likeness (QED) is 0.0525. The van der Waals surface area contributed by atoms with Crippen LogP contribution in [0.4, 0.5) is 53.0 Å². The molecule has 380 valence electrons. The van der Waals surface area contributed by atoms with Gasteiger partial charge in [-0.25, -0.2) is 32.5 Å². The van der Waals surface area contributed by atoms with Crippen molar-refractivity contribution in [1.82, 2.24) is 44.8 Å². The standard InChI is InChI=1S/C18H23F2N7O.C15H22BF2N3O2.C12H18ClN5O/c1-10-9-28-5-4-27(10)18-25-16(24-17(26-18)23-7-11-2-3-11)13-8-22-14(21)6-12(13)15(19)20;1-14(2)15(3,4)23-16(22-14)11-8-19-12(20-9-21(5)6)7-10(11)13(17)18;1-8-7-19-5-4-18(8)12-16-10(13)15-11(17-12)14-6-9-2-3-9/h6,8,10-11,15H,2-5,7,9H2,1H3,(H2,21,22)(H,23,24,25,26);7-9,13H,1-6H3;8-9H,2-7H2,1H3,(H,14,15,16,17)/t10-;;8-/m1.1/s1. The first-order valence-electron chi connectivity index (χ1n) is 23.5. The third-order valence-corrected chi connectivity index (χ3v) is 12.7. The number of aliphatic imine (C=N–C) groups is 1. The molecule has 4 aromatic heterocycles. The first kappa shape index (κ1) is 52.5. The van der Waals surface area contributed by atoms with Gasteiger partial charge < -0.3 is 49.8 Å². The highest BCUT2D eigenvalue weighted by molar-refractivity contribution is 6.62. The van der Waals surface area contributed by atoms with Crippen molar-refractivity contribution in [2.24, 2.45) is 16.8 Å². The number of nitrogens with two attached hydrogens (primary N) is 1. The summed E-state index contributed by atoms with van der Waals surface area (Å²) >= 11 is 5.99. The molecule has 0 aromatic carbocycles. The first-order valence-corrected chi connectivity index (χ1v) is 23.9. The van der Waals surface area contributed by atoms with E-state index in [0.29, 0.717) is 62.7 Å². The number of anilines is 5. The van der Waals surface area contributed by atoms with Crippen molar-refractivity contribution in [1.29, 1.82) is 0 Å². The normalized spacial score (nSPS) is 20.8. The van der Waals surface area contributed by atoms with Gasteiger partial charge in [-0.1, -0.05) is 0 Å². The summed E-state index contributed by atoms with van der Waals surface area (Å²) in [7, 11) is 2.70. The summed E-state index contributed by atoms with van der Waals surface area (Å²) in [6.07, 6.45) is 3.71. The van der Waals surface area contributed by atoms with Gasteiger partial charge in [-0.05, 0) is 103 Å². The second-order valence-corrected chi connectivity index (χ2v) is 19.5. The summed E-state index contributed by atoms with van der Waals surface area (Å²) in [6, 6.07) is 2.76. The summed E-state index contributed by atoms with van der Waals surface area (Å²) < 4.78 is 76.6. The van der Waals surface area contributed by atoms with E-state index in [0.717, 1.165) is 31.6 Å². The molecule has 5 aliphatic rings. The Hall–Kier alpha value is -5.30. The molecule has 70 heavy (non-hydrogen) atoms. The molecule has 2 atom stereocenters. The number of alkyl halides is 4. The lowest BCUT2D eigenvalue weighted by molar-refractivity contribution is 0.00578. The maximum Gasteiger partial charge on any atom is 0.496 e. The Morgan fingerprint density at radius 3 is 1.84 bits per heavy atom. The van der Waals surface area contributed by atoms with E-state index in [-0.39, 0.29) is 57.0 Å². The number of nitrogen functional groups attached to an aromatic ring is 1. The van der Waals surface area contributed by atoms with Gasteiger partial charge in [0.2, 0.25) is 29.1 Å². The number of aromatic nitrogens is 8. The Kier molecular flexibility index (Phi) is 17.1. The molecule has 7 heterocycles. The van der Waals surface area contributed by atoms with Crippen LogP contribution in [-0.4, -0.2) is 148 Å². The summed E-state index contributed by atoms with van der Waals surface area (Å²) in [5, 5.41) is 6.69. The van der Waals surface area contributed by atoms with Gasteiger partial charge in [0.25, 0.3) is 12.9 Å². The van der Waals surface area contributed by atoms with Gasteiger partial charge in [0, 0.05) is 74.8 Å². The topological polar surface area (TPSA) is 212 Å². The Morgan fingerprint density at radius 1 is 0.786 bits per heavy atom. The first-order chi connectivity index (χ1) is 33.3. The third kappa shape index (κ3) is 14.0. The lowest BCUT2D eigenvalue weighted by Crippen LogP contribution is -2.44. The molecule has 4 N–H and O–H groups in total. The zero-order chi connectivity index (χ0) is 50.3. The molecule has 0 unspecified atom stereocenters. The molecule has 5 fully saturated rings. The minimum atomic E-state index is -2.72. The second-order valence-electron chi connectivity index (χ2n) is 19.2. The largest absolute Gasteiger partial charge is 0.496 e. The van der Waals surface area contributed by atoms with Crippen LogP contribution in [0.15, 0.2) is 29.5 Å². The van der Waals surface area contributed by atoms with Crippen LogP contribution in [0.25, 0.3) is 11.4 Å². The van der Waals surface area contributed by atoms with Gasteiger partial charge in [-0.15, -0.1) is 0 Å². The highest BCUT2D eigenvalue weighted by Crippen LogP contribution is 2.38. The van der Waals surface area contributed by atoms with Crippen LogP contribution in [0.3, 0.4) is 0 Å². The number of nitrogens with one attached hydrogen (secondary N) is 2. The van der Waals surface area contributed by atoms with Gasteiger partial charge >= 0.3 is 7.12 Å². The molecule has 0 bridgehead atoms. The molecule has 3 saturated heterocycles. The highest BCUT2D eigenvalue weighted by atomic mass is 35.5. The molecule has 2 saturated carbocycles. The summed E-state index contributed by atoms with van der Waals surface area (Å²) in [5.74, 6) is 3.80. The van der Waals surface area contributed by atoms with Crippen molar-refractivity contribution in [2.45, 2.75) is 103 Å². The summed E-state index contributed by atoms with van der Waals surface area (Å²) in [5.41, 5.74) is 4.37. The molecule has 0 spiro atoms. The van der Waals surface area contributed by atoms with Crippen molar-refractivity contribution in [3.63, 3.8) is 0 Å². The molecule has 4 aromatic rings. The maximum atomic E-state index is 13.6. The average molecular weight is 1000 g/mol. The second kappa shape index (κ2) is 22.8. The Labute approximate surface area is 411 Å². The Bertz CT molecular complexity index is 2410. The molecule has 19 nitrogen and oxygen atoms in total. The van der Waals surface area contributed by atoms with E-state index in [1.807, 2.05) is 39.5 Å². The maximum absolute atomic E-state index is 13.6. The molecular formula is C45H63BClF4N15O4. The third-order valence-electron chi connectivity index (χ3n) is 12.5. The lowest BCUT2D eigenvalue weighted by Gasteiger charge is -2.33. The smallest absolute Gasteiger partial charge is 0.399 e. The Balaban J connectivity index is 0.000000158. The van der Waals surface area contributed by atoms with Crippen LogP contribution in [0.2, 0.25) is 5.28 Å². The molecule has 2 aliphatic carbocycles. The van der Waals surface area contributed by atoms with Crippen molar-refractivity contribution >= 4 is 65.9 Å². The number of morpholine rings is 2. The highest BCUT2D eigenvalue weighted by Gasteiger charge is 2.52. The van der Waals surface area contributed by atoms with Crippen LogP contribution in [-0.2, 0) is 18.8 Å². The van der Waals surface area contributed by atoms with E-state index < -0.39 is 31.2 Å². The van der Waals surface area contributed by atoms with Crippen LogP contribution in [0, 0.1) is 11.8 Å². The minimum absolute atomic E-state index is 0.0298. The van der Waals surface area contributed by atoms with Crippen LogP contribution in [0.5, 0.6) is 0 Å². The molecule has 3 aliphatic heterocycles. The molecule has 0 amide bonds. The fraction of sp³-hybridized carbons (Fsp3) is 0.622. The van der Waals surface area contributed by atoms with E-state index in [4.69, 9.17) is 36.1 Å². The zero-order valence-corrected chi connectivity index (χ0v) is 41.6. The van der Waals surface area contributed by atoms with E-state index in [9.17, 15) is 17.6 Å². The summed E-state index contributed by atoms with van der Waals surface area (Å²) in [6.45, 7) is 17.2. The van der Waals surface area contributed by atoms with Crippen molar-refractivity contribution in [3.8, 4) is 11.4 Å². The Morgan fingerprint density at radius 2 is 1.33 bits per heavy atom. The van der Waals surface area contributed by atoms with E-state index >= 15 is 0 Å². The molecular weight excluding hydrogens is 937 g/mol. The number of halogens is 5. The van der Waals surface area contributed by atoms with Crippen LogP contribution in [0.1, 0.15) is 91.2 Å². The van der Waals surface area contributed by atoms with E-state index in [2.05, 4.69) is 67.3 Å². The molecule has 0 radical (unpaired) electrons. The fourth-order valence-electron chi connectivity index (χ4n) is 7.33. The minimum Gasteiger partial charge on any atom is -0.399 e. The fourth-order valence-corrected chi connectivity index (χ4v) is 7.49. The lowest BCUT2D eigenvalue weighted by atomic mass is 9.77. The van der Waals surface area contributed by atoms with Gasteiger partial charge in [-0.3, -0.25) is 0 Å². The van der Waals surface area contributed by atoms with Gasteiger partial charge in [0.15, 0.2) is 11.6 Å². The molecule has 25 heteroatoms. The summed E-state index contributed by atoms with van der Waals surface area (Å²) in [4.78, 5) is 44.2. The van der Waals surface area contributed by atoms with Crippen molar-refractivity contribution < 1.29 is 36.3 Å². The monoisotopic (exact) mass is 999 g/mol. The van der Waals surface area contributed by atoms with Crippen molar-refractivity contribution in [2.75, 3.05) is 92.9 Å². The van der Waals surface area contributed by atoms with Crippen molar-refractivity contribution in [3.05, 3.63) is 40.9 Å². The average Bonchev–Trinajstić information content (AvgIpc) is 4.26. The number of hydrogen-bond acceptors (Lipinski definition) is 18. The number of ether oxygens (including phenoxy) is 2.